The van der Waals surface area contributed by atoms with Gasteiger partial charge >= 0.3 is 5.97 Å². The monoisotopic (exact) mass is 576 g/mol. The summed E-state index contributed by atoms with van der Waals surface area (Å²) < 4.78 is 28.8. The van der Waals surface area contributed by atoms with E-state index in [1.807, 2.05) is 56.3 Å². The van der Waals surface area contributed by atoms with Crippen LogP contribution in [0.15, 0.2) is 96.4 Å². The van der Waals surface area contributed by atoms with Crippen molar-refractivity contribution in [3.63, 3.8) is 0 Å². The molecule has 0 radical (unpaired) electrons. The van der Waals surface area contributed by atoms with E-state index in [0.717, 1.165) is 17.5 Å². The zero-order chi connectivity index (χ0) is 30.3. The summed E-state index contributed by atoms with van der Waals surface area (Å²) in [6.45, 7) is 4.98. The second-order valence-corrected chi connectivity index (χ2v) is 10.1. The van der Waals surface area contributed by atoms with Crippen LogP contribution in [0.3, 0.4) is 0 Å². The van der Waals surface area contributed by atoms with Gasteiger partial charge in [0.25, 0.3) is 0 Å². The number of carbonyl (C=O) groups is 1. The first kappa shape index (κ1) is 29.1. The van der Waals surface area contributed by atoms with Crippen LogP contribution in [0.5, 0.6) is 28.7 Å². The Morgan fingerprint density at radius 2 is 1.77 bits per heavy atom. The molecule has 0 aromatic heterocycles. The molecule has 1 atom stereocenters. The predicted octanol–water partition coefficient (Wildman–Crippen LogP) is 6.81. The third kappa shape index (κ3) is 6.57. The smallest absolute Gasteiger partial charge is 0.343 e. The Bertz CT molecular complexity index is 1700. The maximum Gasteiger partial charge on any atom is 0.343 e. The number of benzene rings is 4. The van der Waals surface area contributed by atoms with Crippen molar-refractivity contribution in [2.24, 2.45) is 5.73 Å². The van der Waals surface area contributed by atoms with Crippen LogP contribution in [-0.4, -0.2) is 19.7 Å². The van der Waals surface area contributed by atoms with Gasteiger partial charge in [0.1, 0.15) is 35.5 Å². The molecule has 1 unspecified atom stereocenters. The summed E-state index contributed by atoms with van der Waals surface area (Å²) in [7, 11) is 1.57. The summed E-state index contributed by atoms with van der Waals surface area (Å²) in [4.78, 5) is 12.9. The van der Waals surface area contributed by atoms with Gasteiger partial charge in [-0.1, -0.05) is 55.0 Å². The highest BCUT2D eigenvalue weighted by atomic mass is 16.5. The lowest BCUT2D eigenvalue weighted by Gasteiger charge is -2.27. The highest BCUT2D eigenvalue weighted by Gasteiger charge is 2.32. The Morgan fingerprint density at radius 3 is 2.51 bits per heavy atom. The fraction of sp³-hybridized carbons (Fsp3) is 0.200. The summed E-state index contributed by atoms with van der Waals surface area (Å²) in [5.74, 6) is 1.23. The quantitative estimate of drug-likeness (QED) is 0.162. The number of fused-ring (bicyclic) bond motifs is 1. The lowest BCUT2D eigenvalue weighted by molar-refractivity contribution is 0.0734. The van der Waals surface area contributed by atoms with Crippen LogP contribution >= 0.6 is 0 Å². The molecule has 0 fully saturated rings. The number of esters is 1. The van der Waals surface area contributed by atoms with Gasteiger partial charge in [0.2, 0.25) is 5.88 Å². The van der Waals surface area contributed by atoms with Crippen LogP contribution in [0, 0.1) is 18.3 Å². The van der Waals surface area contributed by atoms with E-state index < -0.39 is 11.9 Å². The van der Waals surface area contributed by atoms with Crippen molar-refractivity contribution in [2.45, 2.75) is 32.8 Å². The highest BCUT2D eigenvalue weighted by Crippen LogP contribution is 2.45. The lowest BCUT2D eigenvalue weighted by Crippen LogP contribution is -2.21. The molecule has 43 heavy (non-hydrogen) atoms. The van der Waals surface area contributed by atoms with Crippen molar-refractivity contribution >= 4 is 5.97 Å². The third-order valence-electron chi connectivity index (χ3n) is 6.98. The first-order valence-electron chi connectivity index (χ1n) is 13.9. The van der Waals surface area contributed by atoms with Crippen LogP contribution in [0.25, 0.3) is 0 Å². The number of nitrogens with zero attached hydrogens (tertiary/aromatic N) is 1. The first-order chi connectivity index (χ1) is 20.9. The molecule has 4 aromatic rings. The highest BCUT2D eigenvalue weighted by molar-refractivity contribution is 5.91. The number of methoxy groups -OCH3 is 1. The Labute approximate surface area is 250 Å². The first-order valence-corrected chi connectivity index (χ1v) is 13.9. The largest absolute Gasteiger partial charge is 0.494 e. The number of carbonyl (C=O) groups excluding carboxylic acids is 1. The van der Waals surface area contributed by atoms with Gasteiger partial charge in [-0.15, -0.1) is 0 Å². The number of hydrogen-bond donors (Lipinski definition) is 1. The van der Waals surface area contributed by atoms with E-state index >= 15 is 0 Å². The zero-order valence-electron chi connectivity index (χ0n) is 24.3. The third-order valence-corrected chi connectivity index (χ3v) is 6.98. The molecule has 0 bridgehead atoms. The molecule has 8 heteroatoms. The molecule has 218 valence electrons. The van der Waals surface area contributed by atoms with E-state index in [1.54, 1.807) is 49.6 Å². The summed E-state index contributed by atoms with van der Waals surface area (Å²) >= 11 is 0. The Balaban J connectivity index is 1.39. The summed E-state index contributed by atoms with van der Waals surface area (Å²) in [5, 5.41) is 10.0. The fourth-order valence-electron chi connectivity index (χ4n) is 4.77. The molecule has 1 heterocycles. The van der Waals surface area contributed by atoms with Gasteiger partial charge in [0, 0.05) is 11.6 Å². The van der Waals surface area contributed by atoms with E-state index in [-0.39, 0.29) is 17.2 Å². The summed E-state index contributed by atoms with van der Waals surface area (Å²) in [5.41, 5.74) is 10.5. The number of aryl methyl sites for hydroxylation is 1. The maximum absolute atomic E-state index is 12.9. The van der Waals surface area contributed by atoms with Gasteiger partial charge in [-0.2, -0.15) is 5.26 Å². The molecule has 5 rings (SSSR count). The molecular formula is C35H32N2O6. The SMILES string of the molecule is CCCOc1cccc(C(=O)Oc2ccc3c(c2)OC(N)=C(C#N)C3c2ccc(OCc3ccc(C)cc3)c(OC)c2)c1. The van der Waals surface area contributed by atoms with Crippen molar-refractivity contribution in [2.75, 3.05) is 13.7 Å². The van der Waals surface area contributed by atoms with Crippen molar-refractivity contribution in [3.8, 4) is 34.8 Å². The maximum atomic E-state index is 12.9. The van der Waals surface area contributed by atoms with E-state index in [4.69, 9.17) is 29.4 Å². The van der Waals surface area contributed by atoms with Gasteiger partial charge in [0.15, 0.2) is 11.5 Å². The summed E-state index contributed by atoms with van der Waals surface area (Å²) in [6, 6.07) is 27.7. The predicted molar refractivity (Wildman–Crippen MR) is 161 cm³/mol. The van der Waals surface area contributed by atoms with Crippen LogP contribution in [-0.2, 0) is 6.61 Å². The minimum atomic E-state index is -0.540. The van der Waals surface area contributed by atoms with Gasteiger partial charge in [-0.25, -0.2) is 4.79 Å². The normalized spacial score (nSPS) is 13.8. The van der Waals surface area contributed by atoms with Gasteiger partial charge in [0.05, 0.1) is 25.2 Å². The number of hydrogen-bond acceptors (Lipinski definition) is 8. The van der Waals surface area contributed by atoms with Crippen molar-refractivity contribution in [3.05, 3.63) is 124 Å². The fourth-order valence-corrected chi connectivity index (χ4v) is 4.77. The van der Waals surface area contributed by atoms with Crippen LogP contribution in [0.2, 0.25) is 0 Å². The standard InChI is InChI=1S/C35H32N2O6/c1-4-16-40-26-7-5-6-25(17-26)35(38)42-27-13-14-28-31(19-27)43-34(37)29(20-36)33(28)24-12-15-30(32(18-24)39-3)41-21-23-10-8-22(2)9-11-23/h5-15,17-19,33H,4,16,21,37H2,1-3H3. The van der Waals surface area contributed by atoms with E-state index in [0.29, 0.717) is 47.3 Å². The van der Waals surface area contributed by atoms with Crippen LogP contribution < -0.4 is 29.4 Å². The molecule has 1 aliphatic rings. The minimum absolute atomic E-state index is 0.0251. The molecule has 0 amide bonds. The number of ether oxygens (including phenoxy) is 5. The Kier molecular flexibility index (Phi) is 8.82. The molecule has 4 aromatic carbocycles. The number of allylic oxidation sites excluding steroid dienone is 1. The van der Waals surface area contributed by atoms with Crippen molar-refractivity contribution < 1.29 is 28.5 Å². The molecule has 0 saturated heterocycles. The van der Waals surface area contributed by atoms with Crippen molar-refractivity contribution in [1.29, 1.82) is 5.26 Å². The average molecular weight is 577 g/mol. The van der Waals surface area contributed by atoms with E-state index in [2.05, 4.69) is 6.07 Å². The second-order valence-electron chi connectivity index (χ2n) is 10.1. The van der Waals surface area contributed by atoms with Gasteiger partial charge in [-0.05, 0) is 60.9 Å². The lowest BCUT2D eigenvalue weighted by atomic mass is 9.83. The Morgan fingerprint density at radius 1 is 0.953 bits per heavy atom. The van der Waals surface area contributed by atoms with E-state index in [9.17, 15) is 10.1 Å². The van der Waals surface area contributed by atoms with Gasteiger partial charge in [-0.3, -0.25) is 0 Å². The molecule has 2 N–H and O–H groups in total. The number of rotatable bonds is 10. The molecule has 0 saturated carbocycles. The zero-order valence-corrected chi connectivity index (χ0v) is 24.3. The summed E-state index contributed by atoms with van der Waals surface area (Å²) in [6.07, 6.45) is 0.856. The van der Waals surface area contributed by atoms with Gasteiger partial charge < -0.3 is 29.4 Å². The molecule has 8 nitrogen and oxygen atoms in total. The Hall–Kier alpha value is -5.42. The van der Waals surface area contributed by atoms with Crippen LogP contribution in [0.1, 0.15) is 51.9 Å². The van der Waals surface area contributed by atoms with Crippen molar-refractivity contribution in [1.82, 2.24) is 0 Å². The second kappa shape index (κ2) is 13.0. The minimum Gasteiger partial charge on any atom is -0.494 e. The average Bonchev–Trinajstić information content (AvgIpc) is 3.02. The molecule has 1 aliphatic heterocycles. The topological polar surface area (TPSA) is 113 Å². The number of nitriles is 1. The van der Waals surface area contributed by atoms with Crippen LogP contribution in [0.4, 0.5) is 0 Å². The van der Waals surface area contributed by atoms with E-state index in [1.165, 1.54) is 5.56 Å². The number of nitrogens with two attached hydrogens (primary N) is 1. The molecule has 0 spiro atoms. The molecular weight excluding hydrogens is 544 g/mol. The molecule has 0 aliphatic carbocycles.